The van der Waals surface area contributed by atoms with Gasteiger partial charge in [-0.15, -0.1) is 0 Å². The fourth-order valence-electron chi connectivity index (χ4n) is 2.67. The highest BCUT2D eigenvalue weighted by atomic mass is 35.5. The summed E-state index contributed by atoms with van der Waals surface area (Å²) >= 11 is 23.2. The van der Waals surface area contributed by atoms with Crippen molar-refractivity contribution >= 4 is 69.6 Å². The SMILES string of the molecule is O=C(NC(=S)Nc1cc(C(=O)N2CCOCC2)ccc1Cl)c1ccc(Cl)c(Cl)c1. The molecule has 29 heavy (non-hydrogen) atoms. The third kappa shape index (κ3) is 5.58. The van der Waals surface area contributed by atoms with E-state index in [1.54, 1.807) is 23.1 Å². The first kappa shape index (κ1) is 21.8. The van der Waals surface area contributed by atoms with Gasteiger partial charge in [0.15, 0.2) is 5.11 Å². The molecule has 0 aliphatic carbocycles. The van der Waals surface area contributed by atoms with Crippen molar-refractivity contribution in [2.24, 2.45) is 0 Å². The molecular formula is C19H16Cl3N3O3S. The monoisotopic (exact) mass is 471 g/mol. The Morgan fingerprint density at radius 3 is 2.28 bits per heavy atom. The summed E-state index contributed by atoms with van der Waals surface area (Å²) in [5.74, 6) is -0.587. The van der Waals surface area contributed by atoms with Gasteiger partial charge in [0.25, 0.3) is 11.8 Å². The summed E-state index contributed by atoms with van der Waals surface area (Å²) < 4.78 is 5.27. The molecule has 0 spiro atoms. The maximum atomic E-state index is 12.6. The van der Waals surface area contributed by atoms with Crippen LogP contribution in [0, 0.1) is 0 Å². The van der Waals surface area contributed by atoms with Crippen LogP contribution in [-0.4, -0.2) is 48.1 Å². The number of carbonyl (C=O) groups is 2. The number of thiocarbonyl (C=S) groups is 1. The molecule has 2 amide bonds. The Morgan fingerprint density at radius 1 is 0.931 bits per heavy atom. The lowest BCUT2D eigenvalue weighted by molar-refractivity contribution is 0.0303. The minimum absolute atomic E-state index is 0.0268. The van der Waals surface area contributed by atoms with Gasteiger partial charge >= 0.3 is 0 Å². The van der Waals surface area contributed by atoms with Crippen LogP contribution in [0.4, 0.5) is 5.69 Å². The fraction of sp³-hybridized carbons (Fsp3) is 0.211. The first-order valence-corrected chi connectivity index (χ1v) is 10.1. The number of hydrogen-bond donors (Lipinski definition) is 2. The summed E-state index contributed by atoms with van der Waals surface area (Å²) in [6, 6.07) is 9.32. The lowest BCUT2D eigenvalue weighted by Gasteiger charge is -2.27. The molecule has 3 rings (SSSR count). The largest absolute Gasteiger partial charge is 0.378 e. The normalized spacial score (nSPS) is 13.7. The van der Waals surface area contributed by atoms with Crippen LogP contribution in [0.1, 0.15) is 20.7 Å². The fourth-order valence-corrected chi connectivity index (χ4v) is 3.33. The topological polar surface area (TPSA) is 70.7 Å². The molecule has 6 nitrogen and oxygen atoms in total. The van der Waals surface area contributed by atoms with E-state index in [0.717, 1.165) is 0 Å². The molecule has 10 heteroatoms. The van der Waals surface area contributed by atoms with Crippen LogP contribution >= 0.6 is 47.0 Å². The van der Waals surface area contributed by atoms with Crippen LogP contribution in [0.3, 0.4) is 0 Å². The number of nitrogens with zero attached hydrogens (tertiary/aromatic N) is 1. The summed E-state index contributed by atoms with van der Waals surface area (Å²) in [6.07, 6.45) is 0. The van der Waals surface area contributed by atoms with E-state index in [9.17, 15) is 9.59 Å². The number of benzene rings is 2. The van der Waals surface area contributed by atoms with Crippen LogP contribution in [0.5, 0.6) is 0 Å². The van der Waals surface area contributed by atoms with Crippen LogP contribution in [0.2, 0.25) is 15.1 Å². The lowest BCUT2D eigenvalue weighted by atomic mass is 10.1. The number of rotatable bonds is 3. The van der Waals surface area contributed by atoms with Crippen LogP contribution in [0.25, 0.3) is 0 Å². The van der Waals surface area contributed by atoms with Crippen molar-refractivity contribution in [1.29, 1.82) is 0 Å². The number of hydrogen-bond acceptors (Lipinski definition) is 4. The Hall–Kier alpha value is -1.90. The van der Waals surface area contributed by atoms with Gasteiger partial charge in [-0.3, -0.25) is 14.9 Å². The lowest BCUT2D eigenvalue weighted by Crippen LogP contribution is -2.40. The Bertz CT molecular complexity index is 965. The van der Waals surface area contributed by atoms with Crippen molar-refractivity contribution < 1.29 is 14.3 Å². The first-order chi connectivity index (χ1) is 13.8. The van der Waals surface area contributed by atoms with Gasteiger partial charge in [-0.05, 0) is 48.6 Å². The van der Waals surface area contributed by atoms with Gasteiger partial charge < -0.3 is 15.0 Å². The van der Waals surface area contributed by atoms with E-state index in [4.69, 9.17) is 51.8 Å². The summed E-state index contributed by atoms with van der Waals surface area (Å²) in [4.78, 5) is 26.7. The summed E-state index contributed by atoms with van der Waals surface area (Å²) in [5.41, 5.74) is 1.16. The van der Waals surface area contributed by atoms with Gasteiger partial charge in [-0.1, -0.05) is 34.8 Å². The molecule has 1 aliphatic heterocycles. The molecule has 0 atom stereocenters. The van der Waals surface area contributed by atoms with Gasteiger partial charge in [0, 0.05) is 24.2 Å². The van der Waals surface area contributed by atoms with Crippen molar-refractivity contribution in [3.63, 3.8) is 0 Å². The zero-order valence-electron chi connectivity index (χ0n) is 15.0. The van der Waals surface area contributed by atoms with E-state index in [2.05, 4.69) is 10.6 Å². The van der Waals surface area contributed by atoms with Gasteiger partial charge in [0.1, 0.15) is 0 Å². The van der Waals surface area contributed by atoms with Crippen LogP contribution in [-0.2, 0) is 4.74 Å². The zero-order chi connectivity index (χ0) is 21.0. The van der Waals surface area contributed by atoms with E-state index in [1.807, 2.05) is 0 Å². The van der Waals surface area contributed by atoms with Crippen molar-refractivity contribution in [1.82, 2.24) is 10.2 Å². The number of amides is 2. The average Bonchev–Trinajstić information content (AvgIpc) is 2.71. The molecule has 0 radical (unpaired) electrons. The average molecular weight is 473 g/mol. The maximum Gasteiger partial charge on any atom is 0.257 e. The van der Waals surface area contributed by atoms with Crippen molar-refractivity contribution in [2.75, 3.05) is 31.6 Å². The number of nitrogens with one attached hydrogen (secondary N) is 2. The second-order valence-corrected chi connectivity index (χ2v) is 7.77. The molecule has 0 bridgehead atoms. The number of halogens is 3. The van der Waals surface area contributed by atoms with E-state index >= 15 is 0 Å². The molecule has 152 valence electrons. The Labute approximate surface area is 188 Å². The van der Waals surface area contributed by atoms with Gasteiger partial charge in [-0.25, -0.2) is 0 Å². The van der Waals surface area contributed by atoms with Crippen molar-refractivity contribution in [3.8, 4) is 0 Å². The molecule has 1 aliphatic rings. The Morgan fingerprint density at radius 2 is 1.59 bits per heavy atom. The number of ether oxygens (including phenoxy) is 1. The van der Waals surface area contributed by atoms with Gasteiger partial charge in [-0.2, -0.15) is 0 Å². The molecule has 2 N–H and O–H groups in total. The smallest absolute Gasteiger partial charge is 0.257 e. The minimum atomic E-state index is -0.460. The molecule has 1 heterocycles. The molecular weight excluding hydrogens is 457 g/mol. The third-order valence-electron chi connectivity index (χ3n) is 4.17. The van der Waals surface area contributed by atoms with E-state index in [0.29, 0.717) is 53.2 Å². The molecule has 2 aromatic rings. The predicted octanol–water partition coefficient (Wildman–Crippen LogP) is 4.25. The Balaban J connectivity index is 1.68. The highest BCUT2D eigenvalue weighted by Gasteiger charge is 2.20. The first-order valence-electron chi connectivity index (χ1n) is 8.59. The quantitative estimate of drug-likeness (QED) is 0.654. The predicted molar refractivity (Wildman–Crippen MR) is 118 cm³/mol. The Kier molecular flexibility index (Phi) is 7.32. The molecule has 1 fully saturated rings. The van der Waals surface area contributed by atoms with Gasteiger partial charge in [0.05, 0.1) is 34.0 Å². The second kappa shape index (κ2) is 9.73. The van der Waals surface area contributed by atoms with Crippen molar-refractivity contribution in [3.05, 3.63) is 62.6 Å². The molecule has 0 aromatic heterocycles. The summed E-state index contributed by atoms with van der Waals surface area (Å²) in [6.45, 7) is 2.08. The van der Waals surface area contributed by atoms with E-state index in [1.165, 1.54) is 18.2 Å². The molecule has 0 unspecified atom stereocenters. The van der Waals surface area contributed by atoms with Crippen molar-refractivity contribution in [2.45, 2.75) is 0 Å². The molecule has 0 saturated carbocycles. The van der Waals surface area contributed by atoms with E-state index < -0.39 is 5.91 Å². The number of anilines is 1. The molecule has 1 saturated heterocycles. The third-order valence-corrected chi connectivity index (χ3v) is 5.44. The number of morpholine rings is 1. The summed E-state index contributed by atoms with van der Waals surface area (Å²) in [7, 11) is 0. The highest BCUT2D eigenvalue weighted by Crippen LogP contribution is 2.25. The maximum absolute atomic E-state index is 12.6. The highest BCUT2D eigenvalue weighted by molar-refractivity contribution is 7.80. The number of carbonyl (C=O) groups excluding carboxylic acids is 2. The zero-order valence-corrected chi connectivity index (χ0v) is 18.1. The minimum Gasteiger partial charge on any atom is -0.378 e. The molecule has 2 aromatic carbocycles. The standard InChI is InChI=1S/C19H16Cl3N3O3S/c20-13-3-1-11(9-15(13)22)17(26)24-19(29)23-16-10-12(2-4-14(16)21)18(27)25-5-7-28-8-6-25/h1-4,9-10H,5-8H2,(H2,23,24,26,29). The van der Waals surface area contributed by atoms with Crippen LogP contribution < -0.4 is 10.6 Å². The van der Waals surface area contributed by atoms with Crippen LogP contribution in [0.15, 0.2) is 36.4 Å². The van der Waals surface area contributed by atoms with Gasteiger partial charge in [0.2, 0.25) is 0 Å². The second-order valence-electron chi connectivity index (χ2n) is 6.14. The summed E-state index contributed by atoms with van der Waals surface area (Å²) in [5, 5.41) is 6.38. The van der Waals surface area contributed by atoms with E-state index in [-0.39, 0.29) is 16.0 Å².